The van der Waals surface area contributed by atoms with Crippen LogP contribution in [0.3, 0.4) is 0 Å². The minimum absolute atomic E-state index is 0.869. The number of furan rings is 1. The molecule has 3 aromatic rings. The van der Waals surface area contributed by atoms with Crippen LogP contribution in [0.2, 0.25) is 0 Å². The molecule has 3 rings (SSSR count). The fourth-order valence-electron chi connectivity index (χ4n) is 1.96. The van der Waals surface area contributed by atoms with Crippen molar-refractivity contribution in [2.45, 2.75) is 13.3 Å². The number of aryl methyl sites for hydroxylation is 1. The molecular weight excluding hydrogens is 186 g/mol. The van der Waals surface area contributed by atoms with Crippen molar-refractivity contribution in [1.82, 2.24) is 4.98 Å². The van der Waals surface area contributed by atoms with Crippen molar-refractivity contribution in [3.05, 3.63) is 42.1 Å². The van der Waals surface area contributed by atoms with Crippen LogP contribution < -0.4 is 0 Å². The van der Waals surface area contributed by atoms with Crippen molar-refractivity contribution in [3.63, 3.8) is 0 Å². The Morgan fingerprint density at radius 2 is 2.13 bits per heavy atom. The molecular formula is C13H11NO. The number of hydrogen-bond acceptors (Lipinski definition) is 2. The van der Waals surface area contributed by atoms with Crippen LogP contribution in [0.4, 0.5) is 0 Å². The summed E-state index contributed by atoms with van der Waals surface area (Å²) in [6, 6.07) is 10.1. The highest BCUT2D eigenvalue weighted by molar-refractivity contribution is 6.03. The predicted octanol–water partition coefficient (Wildman–Crippen LogP) is 3.54. The lowest BCUT2D eigenvalue weighted by Crippen LogP contribution is -1.79. The molecule has 2 nitrogen and oxygen atoms in total. The number of aromatic nitrogens is 1. The molecule has 15 heavy (non-hydrogen) atoms. The van der Waals surface area contributed by atoms with E-state index in [2.05, 4.69) is 30.1 Å². The lowest BCUT2D eigenvalue weighted by Gasteiger charge is -1.95. The maximum Gasteiger partial charge on any atom is 0.153 e. The maximum atomic E-state index is 5.81. The summed E-state index contributed by atoms with van der Waals surface area (Å²) < 4.78 is 5.81. The molecule has 2 aromatic heterocycles. The van der Waals surface area contributed by atoms with E-state index in [0.717, 1.165) is 28.5 Å². The quantitative estimate of drug-likeness (QED) is 0.596. The second kappa shape index (κ2) is 3.09. The van der Waals surface area contributed by atoms with Crippen LogP contribution in [-0.2, 0) is 6.42 Å². The van der Waals surface area contributed by atoms with E-state index in [1.807, 2.05) is 12.1 Å². The average molecular weight is 197 g/mol. The third kappa shape index (κ3) is 1.14. The summed E-state index contributed by atoms with van der Waals surface area (Å²) in [5.41, 5.74) is 4.05. The molecule has 0 aliphatic carbocycles. The topological polar surface area (TPSA) is 26.0 Å². The molecule has 0 fully saturated rings. The number of fused-ring (bicyclic) bond motifs is 3. The predicted molar refractivity (Wildman–Crippen MR) is 60.9 cm³/mol. The summed E-state index contributed by atoms with van der Waals surface area (Å²) in [7, 11) is 0. The Morgan fingerprint density at radius 1 is 1.20 bits per heavy atom. The smallest absolute Gasteiger partial charge is 0.153 e. The van der Waals surface area contributed by atoms with Crippen LogP contribution >= 0.6 is 0 Å². The Bertz CT molecular complexity index is 625. The molecule has 0 saturated carbocycles. The Kier molecular flexibility index (Phi) is 1.75. The van der Waals surface area contributed by atoms with Crippen LogP contribution in [0.5, 0.6) is 0 Å². The second-order valence-corrected chi connectivity index (χ2v) is 3.60. The lowest BCUT2D eigenvalue weighted by molar-refractivity contribution is 0.662. The second-order valence-electron chi connectivity index (χ2n) is 3.60. The van der Waals surface area contributed by atoms with E-state index >= 15 is 0 Å². The third-order valence-electron chi connectivity index (χ3n) is 2.72. The highest BCUT2D eigenvalue weighted by atomic mass is 16.3. The molecule has 0 radical (unpaired) electrons. The fraction of sp³-hybridized carbons (Fsp3) is 0.154. The zero-order valence-corrected chi connectivity index (χ0v) is 8.53. The van der Waals surface area contributed by atoms with Gasteiger partial charge in [0.25, 0.3) is 0 Å². The SMILES string of the molecule is CCc1cccc2c1oc1cccnc12. The number of nitrogens with zero attached hydrogens (tertiary/aromatic N) is 1. The number of pyridine rings is 1. The first-order valence-electron chi connectivity index (χ1n) is 5.15. The first kappa shape index (κ1) is 8.48. The average Bonchev–Trinajstić information content (AvgIpc) is 2.67. The Labute approximate surface area is 87.5 Å². The molecule has 0 atom stereocenters. The van der Waals surface area contributed by atoms with Crippen LogP contribution in [0.1, 0.15) is 12.5 Å². The molecule has 1 aromatic carbocycles. The van der Waals surface area contributed by atoms with Crippen molar-refractivity contribution in [2.75, 3.05) is 0 Å². The Morgan fingerprint density at radius 3 is 3.00 bits per heavy atom. The van der Waals surface area contributed by atoms with Crippen LogP contribution in [0.15, 0.2) is 40.9 Å². The Balaban J connectivity index is 2.53. The number of rotatable bonds is 1. The van der Waals surface area contributed by atoms with Gasteiger partial charge in [-0.1, -0.05) is 19.1 Å². The van der Waals surface area contributed by atoms with Crippen molar-refractivity contribution < 1.29 is 4.42 Å². The van der Waals surface area contributed by atoms with Crippen molar-refractivity contribution in [3.8, 4) is 0 Å². The van der Waals surface area contributed by atoms with E-state index in [1.54, 1.807) is 6.20 Å². The lowest BCUT2D eigenvalue weighted by atomic mass is 10.1. The standard InChI is InChI=1S/C13H11NO/c1-2-9-5-3-6-10-12-11(15-13(9)10)7-4-8-14-12/h3-8H,2H2,1H3. The normalized spacial score (nSPS) is 11.3. The van der Waals surface area contributed by atoms with Gasteiger partial charge in [0.2, 0.25) is 0 Å². The monoisotopic (exact) mass is 197 g/mol. The summed E-state index contributed by atoms with van der Waals surface area (Å²) in [6.07, 6.45) is 2.78. The van der Waals surface area contributed by atoms with Crippen LogP contribution in [0.25, 0.3) is 22.1 Å². The van der Waals surface area contributed by atoms with E-state index in [-0.39, 0.29) is 0 Å². The molecule has 74 valence electrons. The van der Waals surface area contributed by atoms with E-state index in [0.29, 0.717) is 0 Å². The van der Waals surface area contributed by atoms with Gasteiger partial charge >= 0.3 is 0 Å². The molecule has 0 aliphatic rings. The minimum atomic E-state index is 0.869. The maximum absolute atomic E-state index is 5.81. The van der Waals surface area contributed by atoms with Crippen molar-refractivity contribution >= 4 is 22.1 Å². The highest BCUT2D eigenvalue weighted by Crippen LogP contribution is 2.29. The van der Waals surface area contributed by atoms with Crippen LogP contribution in [-0.4, -0.2) is 4.98 Å². The molecule has 0 amide bonds. The first-order chi connectivity index (χ1) is 7.40. The summed E-state index contributed by atoms with van der Waals surface area (Å²) in [5, 5.41) is 1.12. The van der Waals surface area contributed by atoms with Gasteiger partial charge in [-0.2, -0.15) is 0 Å². The summed E-state index contributed by atoms with van der Waals surface area (Å²) in [5.74, 6) is 0. The zero-order chi connectivity index (χ0) is 10.3. The van der Waals surface area contributed by atoms with Gasteiger partial charge in [-0.05, 0) is 30.2 Å². The molecule has 0 N–H and O–H groups in total. The molecule has 0 unspecified atom stereocenters. The summed E-state index contributed by atoms with van der Waals surface area (Å²) >= 11 is 0. The number of para-hydroxylation sites is 1. The van der Waals surface area contributed by atoms with Crippen molar-refractivity contribution in [2.24, 2.45) is 0 Å². The Hall–Kier alpha value is -1.83. The summed E-state index contributed by atoms with van der Waals surface area (Å²) in [4.78, 5) is 4.35. The van der Waals surface area contributed by atoms with Crippen LogP contribution in [0, 0.1) is 0 Å². The van der Waals surface area contributed by atoms with Gasteiger partial charge in [-0.25, -0.2) is 0 Å². The van der Waals surface area contributed by atoms with Gasteiger partial charge in [0, 0.05) is 11.6 Å². The highest BCUT2D eigenvalue weighted by Gasteiger charge is 2.09. The van der Waals surface area contributed by atoms with E-state index in [9.17, 15) is 0 Å². The molecule has 0 aliphatic heterocycles. The van der Waals surface area contributed by atoms with E-state index < -0.39 is 0 Å². The zero-order valence-electron chi connectivity index (χ0n) is 8.53. The van der Waals surface area contributed by atoms with E-state index in [1.165, 1.54) is 5.56 Å². The van der Waals surface area contributed by atoms with E-state index in [4.69, 9.17) is 4.42 Å². The number of hydrogen-bond donors (Lipinski definition) is 0. The minimum Gasteiger partial charge on any atom is -0.454 e. The van der Waals surface area contributed by atoms with Gasteiger partial charge < -0.3 is 4.42 Å². The largest absolute Gasteiger partial charge is 0.454 e. The number of benzene rings is 1. The molecule has 0 saturated heterocycles. The molecule has 0 spiro atoms. The first-order valence-corrected chi connectivity index (χ1v) is 5.15. The van der Waals surface area contributed by atoms with Gasteiger partial charge in [0.05, 0.1) is 0 Å². The summed E-state index contributed by atoms with van der Waals surface area (Å²) in [6.45, 7) is 2.13. The third-order valence-corrected chi connectivity index (χ3v) is 2.72. The van der Waals surface area contributed by atoms with Crippen molar-refractivity contribution in [1.29, 1.82) is 0 Å². The fourth-order valence-corrected chi connectivity index (χ4v) is 1.96. The molecule has 2 heteroatoms. The molecule has 2 heterocycles. The van der Waals surface area contributed by atoms with Gasteiger partial charge in [0.1, 0.15) is 11.1 Å². The molecule has 0 bridgehead atoms. The van der Waals surface area contributed by atoms with Gasteiger partial charge in [0.15, 0.2) is 5.58 Å². The van der Waals surface area contributed by atoms with Gasteiger partial charge in [-0.15, -0.1) is 0 Å². The van der Waals surface area contributed by atoms with Gasteiger partial charge in [-0.3, -0.25) is 4.98 Å².